The molecular formula is C33H38N4O9. The average molecular weight is 635 g/mol. The van der Waals surface area contributed by atoms with E-state index in [0.29, 0.717) is 22.7 Å². The number of phenols is 1. The number of aromatic hydroxyl groups is 1. The molecule has 13 nitrogen and oxygen atoms in total. The number of hydrogen-bond acceptors (Lipinski definition) is 12. The van der Waals surface area contributed by atoms with Gasteiger partial charge in [-0.2, -0.15) is 0 Å². The SMILES string of the molecule is CN(C)c1cc(NCc2ccc3c(c2)OCO3)c(O)c2c1C[C@@]1(C)C[C@@]3(C)[C@H](N(C)C)C(=O)C(C(N)=O)C(=O)[C@@]3(O)C(=O)C1C2=O. The molecule has 4 aliphatic rings. The van der Waals surface area contributed by atoms with Gasteiger partial charge in [0.2, 0.25) is 12.7 Å². The Hall–Kier alpha value is -4.49. The minimum Gasteiger partial charge on any atom is -0.505 e. The molecule has 0 bridgehead atoms. The number of nitrogens with one attached hydrogen (secondary N) is 1. The van der Waals surface area contributed by atoms with Gasteiger partial charge in [-0.1, -0.05) is 19.9 Å². The first kappa shape index (κ1) is 31.5. The molecule has 1 aliphatic heterocycles. The van der Waals surface area contributed by atoms with E-state index in [1.54, 1.807) is 58.2 Å². The van der Waals surface area contributed by atoms with Crippen LogP contribution in [0.4, 0.5) is 11.4 Å². The minimum absolute atomic E-state index is 0.0817. The largest absolute Gasteiger partial charge is 0.505 e. The summed E-state index contributed by atoms with van der Waals surface area (Å²) in [4.78, 5) is 72.0. The number of ketones is 4. The Morgan fingerprint density at radius 2 is 1.72 bits per heavy atom. The summed E-state index contributed by atoms with van der Waals surface area (Å²) in [6.07, 6.45) is 0.0447. The van der Waals surface area contributed by atoms with Crippen LogP contribution in [-0.4, -0.2) is 90.8 Å². The summed E-state index contributed by atoms with van der Waals surface area (Å²) in [7, 11) is 6.71. The number of fused-ring (bicyclic) bond motifs is 4. The molecule has 6 rings (SSSR count). The lowest BCUT2D eigenvalue weighted by Gasteiger charge is -2.61. The normalized spacial score (nSPS) is 31.3. The number of likely N-dealkylation sites (N-methyl/N-ethyl adjacent to an activating group) is 1. The van der Waals surface area contributed by atoms with Crippen LogP contribution in [0, 0.1) is 22.7 Å². The number of carbonyl (C=O) groups is 5. The van der Waals surface area contributed by atoms with Crippen molar-refractivity contribution < 1.29 is 43.7 Å². The lowest BCUT2D eigenvalue weighted by Crippen LogP contribution is -2.79. The van der Waals surface area contributed by atoms with Crippen molar-refractivity contribution in [3.63, 3.8) is 0 Å². The van der Waals surface area contributed by atoms with Crippen LogP contribution < -0.4 is 25.4 Å². The van der Waals surface area contributed by atoms with E-state index < -0.39 is 63.3 Å². The standard InChI is InChI=1S/C33H38N4O9/c1-31-11-16-18(36(3)4)10-17(35-12-15-7-8-19-20(9-15)46-14-45-19)24(38)21(16)25(39)23(31)29(42)33(44)28(41)22(30(34)43)26(40)27(37(5)6)32(33,2)13-31/h7-10,22-23,27,35,38,44H,11-14H2,1-6H3,(H2,34,43)/t22?,23?,27-,31+,32+,33-/m1/s1. The van der Waals surface area contributed by atoms with E-state index in [1.165, 1.54) is 11.8 Å². The van der Waals surface area contributed by atoms with Gasteiger partial charge in [-0.25, -0.2) is 0 Å². The average Bonchev–Trinajstić information content (AvgIpc) is 3.42. The van der Waals surface area contributed by atoms with Gasteiger partial charge in [0, 0.05) is 31.7 Å². The zero-order valence-corrected chi connectivity index (χ0v) is 26.6. The molecule has 13 heteroatoms. The molecule has 2 aromatic carbocycles. The van der Waals surface area contributed by atoms with E-state index in [0.717, 1.165) is 5.56 Å². The molecule has 2 unspecified atom stereocenters. The fraction of sp³-hybridized carbons (Fsp3) is 0.485. The summed E-state index contributed by atoms with van der Waals surface area (Å²) in [5.74, 6) is -7.98. The molecule has 6 atom stereocenters. The molecule has 2 aromatic rings. The fourth-order valence-corrected chi connectivity index (χ4v) is 8.55. The van der Waals surface area contributed by atoms with Crippen LogP contribution in [0.1, 0.15) is 41.8 Å². The van der Waals surface area contributed by atoms with E-state index in [-0.39, 0.29) is 43.2 Å². The third kappa shape index (κ3) is 4.10. The van der Waals surface area contributed by atoms with Crippen molar-refractivity contribution in [3.05, 3.63) is 41.0 Å². The number of phenolic OH excluding ortho intramolecular Hbond substituents is 1. The summed E-state index contributed by atoms with van der Waals surface area (Å²) in [6.45, 7) is 3.59. The third-order valence-electron chi connectivity index (χ3n) is 10.4. The summed E-state index contributed by atoms with van der Waals surface area (Å²) < 4.78 is 10.8. The van der Waals surface area contributed by atoms with Gasteiger partial charge < -0.3 is 35.6 Å². The number of Topliss-reactive ketones (excluding diaryl/α,β-unsaturated/α-hetero) is 4. The van der Waals surface area contributed by atoms with Gasteiger partial charge in [-0.05, 0) is 61.7 Å². The molecule has 0 radical (unpaired) electrons. The van der Waals surface area contributed by atoms with E-state index in [9.17, 15) is 34.2 Å². The van der Waals surface area contributed by atoms with Crippen LogP contribution in [0.3, 0.4) is 0 Å². The molecular weight excluding hydrogens is 596 g/mol. The number of anilines is 2. The van der Waals surface area contributed by atoms with Crippen molar-refractivity contribution in [3.8, 4) is 17.2 Å². The van der Waals surface area contributed by atoms with E-state index in [2.05, 4.69) is 5.32 Å². The number of nitrogens with two attached hydrogens (primary N) is 1. The minimum atomic E-state index is -2.86. The highest BCUT2D eigenvalue weighted by molar-refractivity contribution is 6.33. The molecule has 244 valence electrons. The molecule has 0 spiro atoms. The van der Waals surface area contributed by atoms with Crippen molar-refractivity contribution in [2.24, 2.45) is 28.4 Å². The van der Waals surface area contributed by atoms with Crippen LogP contribution >= 0.6 is 0 Å². The third-order valence-corrected chi connectivity index (χ3v) is 10.4. The van der Waals surface area contributed by atoms with E-state index >= 15 is 0 Å². The van der Waals surface area contributed by atoms with Crippen molar-refractivity contribution >= 4 is 40.4 Å². The summed E-state index contributed by atoms with van der Waals surface area (Å²) in [5.41, 5.74) is 1.86. The van der Waals surface area contributed by atoms with Crippen molar-refractivity contribution in [2.45, 2.75) is 44.9 Å². The second-order valence-electron chi connectivity index (χ2n) is 13.8. The highest BCUT2D eigenvalue weighted by Gasteiger charge is 2.76. The molecule has 0 aromatic heterocycles. The highest BCUT2D eigenvalue weighted by Crippen LogP contribution is 2.62. The van der Waals surface area contributed by atoms with Gasteiger partial charge in [-0.15, -0.1) is 0 Å². The maximum atomic E-state index is 14.5. The van der Waals surface area contributed by atoms with Gasteiger partial charge in [0.1, 0.15) is 5.75 Å². The lowest BCUT2D eigenvalue weighted by molar-refractivity contribution is -0.203. The monoisotopic (exact) mass is 634 g/mol. The molecule has 46 heavy (non-hydrogen) atoms. The number of hydrogen-bond donors (Lipinski definition) is 4. The van der Waals surface area contributed by atoms with E-state index in [4.69, 9.17) is 15.2 Å². The molecule has 3 aliphatic carbocycles. The molecule has 5 N–H and O–H groups in total. The van der Waals surface area contributed by atoms with Gasteiger partial charge in [0.25, 0.3) is 0 Å². The maximum absolute atomic E-state index is 14.5. The molecule has 1 heterocycles. The van der Waals surface area contributed by atoms with E-state index in [1.807, 2.05) is 6.07 Å². The first-order valence-corrected chi connectivity index (χ1v) is 15.0. The molecule has 0 saturated heterocycles. The number of primary amides is 1. The van der Waals surface area contributed by atoms with Gasteiger partial charge in [0.05, 0.1) is 23.2 Å². The van der Waals surface area contributed by atoms with Gasteiger partial charge in [0.15, 0.2) is 46.2 Å². The molecule has 2 fully saturated rings. The number of aliphatic hydroxyl groups is 1. The first-order chi connectivity index (χ1) is 21.5. The summed E-state index contributed by atoms with van der Waals surface area (Å²) >= 11 is 0. The van der Waals surface area contributed by atoms with Crippen LogP contribution in [0.5, 0.6) is 17.2 Å². The second kappa shape index (κ2) is 10.3. The zero-order valence-electron chi connectivity index (χ0n) is 26.6. The number of carbonyl (C=O) groups excluding carboxylic acids is 5. The van der Waals surface area contributed by atoms with Gasteiger partial charge in [-0.3, -0.25) is 28.9 Å². The number of nitrogens with zero attached hydrogens (tertiary/aromatic N) is 2. The predicted molar refractivity (Wildman–Crippen MR) is 165 cm³/mol. The Morgan fingerprint density at radius 1 is 1.04 bits per heavy atom. The zero-order chi connectivity index (χ0) is 33.7. The topological polar surface area (TPSA) is 189 Å². The first-order valence-electron chi connectivity index (χ1n) is 15.0. The molecule has 2 saturated carbocycles. The second-order valence-corrected chi connectivity index (χ2v) is 13.8. The van der Waals surface area contributed by atoms with Crippen LogP contribution in [0.2, 0.25) is 0 Å². The number of ether oxygens (including phenoxy) is 2. The van der Waals surface area contributed by atoms with Gasteiger partial charge >= 0.3 is 0 Å². The Balaban J connectivity index is 1.46. The van der Waals surface area contributed by atoms with Crippen LogP contribution in [0.15, 0.2) is 24.3 Å². The summed E-state index contributed by atoms with van der Waals surface area (Å²) in [5, 5.41) is 26.9. The van der Waals surface area contributed by atoms with Crippen LogP contribution in [-0.2, 0) is 32.1 Å². The number of benzene rings is 2. The Labute approximate surface area is 265 Å². The predicted octanol–water partition coefficient (Wildman–Crippen LogP) is 1.05. The Bertz CT molecular complexity index is 1740. The number of amides is 1. The fourth-order valence-electron chi connectivity index (χ4n) is 8.55. The maximum Gasteiger partial charge on any atom is 0.235 e. The quantitative estimate of drug-likeness (QED) is 0.262. The van der Waals surface area contributed by atoms with Crippen LogP contribution in [0.25, 0.3) is 0 Å². The van der Waals surface area contributed by atoms with Crippen molar-refractivity contribution in [2.75, 3.05) is 45.2 Å². The van der Waals surface area contributed by atoms with Crippen molar-refractivity contribution in [1.29, 1.82) is 0 Å². The lowest BCUT2D eigenvalue weighted by atomic mass is 9.42. The number of rotatable bonds is 6. The Kier molecular flexibility index (Phi) is 7.02. The van der Waals surface area contributed by atoms with Crippen molar-refractivity contribution in [1.82, 2.24) is 4.90 Å². The highest BCUT2D eigenvalue weighted by atomic mass is 16.7. The summed E-state index contributed by atoms with van der Waals surface area (Å²) in [6, 6.07) is 5.92. The smallest absolute Gasteiger partial charge is 0.235 e. The molecule has 1 amide bonds. The Morgan fingerprint density at radius 3 is 2.35 bits per heavy atom.